The fourth-order valence-electron chi connectivity index (χ4n) is 0.695. The monoisotopic (exact) mass is 207 g/mol. The third-order valence-electron chi connectivity index (χ3n) is 1.12. The Bertz CT molecular complexity index is 201. The predicted molar refractivity (Wildman–Crippen MR) is 38.4 cm³/mol. The van der Waals surface area contributed by atoms with E-state index in [1.807, 2.05) is 0 Å². The largest absolute Gasteiger partial charge is 0.244 e. The molecule has 0 unspecified atom stereocenters. The topological polar surface area (TPSA) is 30.7 Å². The Kier molecular flexibility index (Phi) is 2.37. The molecule has 0 aromatic carbocycles. The highest BCUT2D eigenvalue weighted by molar-refractivity contribution is 9.08. The quantitative estimate of drug-likeness (QED) is 0.683. The van der Waals surface area contributed by atoms with Crippen molar-refractivity contribution in [2.45, 2.75) is 12.0 Å². The van der Waals surface area contributed by atoms with E-state index < -0.39 is 6.67 Å². The third-order valence-corrected chi connectivity index (χ3v) is 1.65. The Morgan fingerprint density at radius 3 is 2.50 bits per heavy atom. The molecule has 0 amide bonds. The Morgan fingerprint density at radius 2 is 2.10 bits per heavy atom. The van der Waals surface area contributed by atoms with Gasteiger partial charge < -0.3 is 0 Å². The van der Waals surface area contributed by atoms with Crippen molar-refractivity contribution < 1.29 is 4.39 Å². The number of hydrogen-bond donors (Lipinski definition) is 0. The molecule has 1 aromatic heterocycles. The molecule has 0 fully saturated rings. The van der Waals surface area contributed by atoms with E-state index in [2.05, 4.69) is 26.1 Å². The summed E-state index contributed by atoms with van der Waals surface area (Å²) in [5.74, 6) is 0. The van der Waals surface area contributed by atoms with Crippen molar-refractivity contribution in [1.29, 1.82) is 0 Å². The van der Waals surface area contributed by atoms with E-state index in [1.54, 1.807) is 7.05 Å². The summed E-state index contributed by atoms with van der Waals surface area (Å²) in [6.07, 6.45) is 0. The second-order valence-corrected chi connectivity index (χ2v) is 2.41. The molecule has 5 heteroatoms. The van der Waals surface area contributed by atoms with E-state index in [0.29, 0.717) is 16.7 Å². The number of aryl methyl sites for hydroxylation is 1. The average Bonchev–Trinajstić information content (AvgIpc) is 2.30. The van der Waals surface area contributed by atoms with E-state index in [0.717, 1.165) is 0 Å². The number of alkyl halides is 2. The Morgan fingerprint density at radius 1 is 1.50 bits per heavy atom. The zero-order chi connectivity index (χ0) is 7.56. The maximum atomic E-state index is 12.0. The maximum absolute atomic E-state index is 12.0. The lowest BCUT2D eigenvalue weighted by atomic mass is 10.4. The molecule has 0 radical (unpaired) electrons. The van der Waals surface area contributed by atoms with Gasteiger partial charge in [0.2, 0.25) is 0 Å². The van der Waals surface area contributed by atoms with Crippen LogP contribution in [0.25, 0.3) is 0 Å². The first kappa shape index (κ1) is 7.65. The normalized spacial score (nSPS) is 10.3. The summed E-state index contributed by atoms with van der Waals surface area (Å²) in [7, 11) is 1.67. The van der Waals surface area contributed by atoms with Gasteiger partial charge in [0.1, 0.15) is 12.4 Å². The van der Waals surface area contributed by atoms with Gasteiger partial charge in [0.05, 0.1) is 5.69 Å². The van der Waals surface area contributed by atoms with Gasteiger partial charge >= 0.3 is 0 Å². The molecular formula is C5H7BrFN3. The van der Waals surface area contributed by atoms with Gasteiger partial charge in [-0.2, -0.15) is 15.0 Å². The van der Waals surface area contributed by atoms with Crippen LogP contribution in [0.2, 0.25) is 0 Å². The van der Waals surface area contributed by atoms with Crippen LogP contribution in [0.1, 0.15) is 11.4 Å². The smallest absolute Gasteiger partial charge is 0.135 e. The fraction of sp³-hybridized carbons (Fsp3) is 0.600. The van der Waals surface area contributed by atoms with Crippen LogP contribution in [0.3, 0.4) is 0 Å². The minimum Gasteiger partial charge on any atom is -0.244 e. The molecule has 0 saturated heterocycles. The lowest BCUT2D eigenvalue weighted by Gasteiger charge is -1.85. The van der Waals surface area contributed by atoms with Crippen LogP contribution in [0.5, 0.6) is 0 Å². The molecule has 1 heterocycles. The molecule has 0 aliphatic rings. The Labute approximate surface area is 66.4 Å². The number of aromatic nitrogens is 3. The average molecular weight is 208 g/mol. The van der Waals surface area contributed by atoms with Gasteiger partial charge in [0.25, 0.3) is 0 Å². The highest BCUT2D eigenvalue weighted by atomic mass is 79.9. The molecular weight excluding hydrogens is 201 g/mol. The molecule has 56 valence electrons. The molecule has 3 nitrogen and oxygen atoms in total. The van der Waals surface area contributed by atoms with Crippen molar-refractivity contribution in [3.05, 3.63) is 11.4 Å². The van der Waals surface area contributed by atoms with Gasteiger partial charge in [-0.1, -0.05) is 15.9 Å². The highest BCUT2D eigenvalue weighted by Crippen LogP contribution is 2.07. The van der Waals surface area contributed by atoms with Crippen LogP contribution >= 0.6 is 15.9 Å². The summed E-state index contributed by atoms with van der Waals surface area (Å²) in [6.45, 7) is -0.547. The second-order valence-electron chi connectivity index (χ2n) is 1.85. The molecule has 10 heavy (non-hydrogen) atoms. The molecule has 0 atom stereocenters. The molecule has 1 aromatic rings. The van der Waals surface area contributed by atoms with Crippen LogP contribution in [-0.2, 0) is 19.1 Å². The molecule has 0 aliphatic carbocycles. The van der Waals surface area contributed by atoms with E-state index in [9.17, 15) is 4.39 Å². The first-order chi connectivity index (χ1) is 4.77. The van der Waals surface area contributed by atoms with E-state index in [-0.39, 0.29) is 0 Å². The first-order valence-corrected chi connectivity index (χ1v) is 3.91. The summed E-state index contributed by atoms with van der Waals surface area (Å²) < 4.78 is 12.0. The van der Waals surface area contributed by atoms with E-state index in [1.165, 1.54) is 4.80 Å². The lowest BCUT2D eigenvalue weighted by Crippen LogP contribution is -1.92. The summed E-state index contributed by atoms with van der Waals surface area (Å²) in [5.41, 5.74) is 1.09. The summed E-state index contributed by atoms with van der Waals surface area (Å²) in [6, 6.07) is 0. The van der Waals surface area contributed by atoms with Crippen LogP contribution in [0, 0.1) is 0 Å². The van der Waals surface area contributed by atoms with Gasteiger partial charge in [-0.15, -0.1) is 0 Å². The number of nitrogens with zero attached hydrogens (tertiary/aromatic N) is 3. The van der Waals surface area contributed by atoms with Crippen LogP contribution in [0.4, 0.5) is 4.39 Å². The molecule has 0 saturated carbocycles. The zero-order valence-electron chi connectivity index (χ0n) is 5.51. The molecule has 0 spiro atoms. The predicted octanol–water partition coefficient (Wildman–Crippen LogP) is 1.18. The highest BCUT2D eigenvalue weighted by Gasteiger charge is 2.06. The minimum absolute atomic E-state index is 0.416. The third kappa shape index (κ3) is 1.34. The van der Waals surface area contributed by atoms with Gasteiger partial charge in [-0.05, 0) is 0 Å². The standard InChI is InChI=1S/C5H7BrFN3/c1-10-8-4(2-6)5(3-7)9-10/h2-3H2,1H3. The van der Waals surface area contributed by atoms with Crippen molar-refractivity contribution in [2.75, 3.05) is 0 Å². The summed E-state index contributed by atoms with van der Waals surface area (Å²) in [5, 5.41) is 8.27. The van der Waals surface area contributed by atoms with Crippen LogP contribution in [-0.4, -0.2) is 15.0 Å². The number of rotatable bonds is 2. The summed E-state index contributed by atoms with van der Waals surface area (Å²) >= 11 is 3.18. The van der Waals surface area contributed by atoms with E-state index >= 15 is 0 Å². The van der Waals surface area contributed by atoms with Crippen LogP contribution in [0.15, 0.2) is 0 Å². The van der Waals surface area contributed by atoms with Crippen molar-refractivity contribution in [2.24, 2.45) is 7.05 Å². The first-order valence-electron chi connectivity index (χ1n) is 2.79. The number of halogens is 2. The van der Waals surface area contributed by atoms with Crippen LogP contribution < -0.4 is 0 Å². The Hall–Kier alpha value is -0.450. The summed E-state index contributed by atoms with van der Waals surface area (Å²) in [4.78, 5) is 1.37. The van der Waals surface area contributed by atoms with E-state index in [4.69, 9.17) is 0 Å². The van der Waals surface area contributed by atoms with Crippen molar-refractivity contribution in [3.63, 3.8) is 0 Å². The fourth-order valence-corrected chi connectivity index (χ4v) is 1.13. The minimum atomic E-state index is -0.547. The van der Waals surface area contributed by atoms with Crippen molar-refractivity contribution in [1.82, 2.24) is 15.0 Å². The van der Waals surface area contributed by atoms with Crippen molar-refractivity contribution >= 4 is 15.9 Å². The van der Waals surface area contributed by atoms with Gasteiger partial charge in [0, 0.05) is 12.4 Å². The zero-order valence-corrected chi connectivity index (χ0v) is 7.10. The molecule has 0 bridgehead atoms. The SMILES string of the molecule is Cn1nc(CF)c(CBr)n1. The van der Waals surface area contributed by atoms with Gasteiger partial charge in [-0.25, -0.2) is 4.39 Å². The Balaban J connectivity index is 2.96. The number of hydrogen-bond acceptors (Lipinski definition) is 2. The second kappa shape index (κ2) is 3.09. The van der Waals surface area contributed by atoms with Crippen molar-refractivity contribution in [3.8, 4) is 0 Å². The van der Waals surface area contributed by atoms with Gasteiger partial charge in [0.15, 0.2) is 0 Å². The van der Waals surface area contributed by atoms with Gasteiger partial charge in [-0.3, -0.25) is 0 Å². The molecule has 0 N–H and O–H groups in total. The molecule has 0 aliphatic heterocycles. The molecule has 1 rings (SSSR count). The maximum Gasteiger partial charge on any atom is 0.135 e. The lowest BCUT2D eigenvalue weighted by molar-refractivity contribution is 0.469.